The van der Waals surface area contributed by atoms with E-state index in [-0.39, 0.29) is 37.2 Å². The molecule has 1 fully saturated rings. The van der Waals surface area contributed by atoms with E-state index in [1.165, 1.54) is 17.0 Å². The first-order valence-electron chi connectivity index (χ1n) is 16.7. The molecule has 1 saturated heterocycles. The normalized spacial score (nSPS) is 16.9. The molecule has 0 radical (unpaired) electrons. The number of allylic oxidation sites excluding steroid dienone is 1. The first kappa shape index (κ1) is 42.8. The molecule has 1 aromatic rings. The fraction of sp³-hybridized carbons (Fsp3) is 0.657. The summed E-state index contributed by atoms with van der Waals surface area (Å²) in [5.74, 6) is -2.94. The van der Waals surface area contributed by atoms with E-state index in [2.05, 4.69) is 16.4 Å². The van der Waals surface area contributed by atoms with E-state index in [9.17, 15) is 19.2 Å². The SMILES string of the molecule is CC(C)C[C@@H](C(=O)NN(CC(C)C)C(=O)[C@H](C)N(C)C(=O)NOC(C)(C)C)[C@H](C/C=C/c1ccccc1)C(=O)NOC1CCCCO1.Cl. The number of nitrogens with zero attached hydrogens (tertiary/aromatic N) is 2. The Hall–Kier alpha value is -3.19. The monoisotopic (exact) mass is 695 g/mol. The third kappa shape index (κ3) is 15.4. The van der Waals surface area contributed by atoms with Crippen molar-refractivity contribution in [3.8, 4) is 0 Å². The van der Waals surface area contributed by atoms with Crippen molar-refractivity contribution in [1.29, 1.82) is 0 Å². The van der Waals surface area contributed by atoms with Crippen LogP contribution in [0.5, 0.6) is 0 Å². The van der Waals surface area contributed by atoms with Gasteiger partial charge in [-0.25, -0.2) is 20.6 Å². The number of likely N-dealkylation sites (N-methyl/N-ethyl adjacent to an activating group) is 1. The molecule has 13 heteroatoms. The fourth-order valence-corrected chi connectivity index (χ4v) is 4.94. The van der Waals surface area contributed by atoms with Gasteiger partial charge in [0.05, 0.1) is 17.4 Å². The van der Waals surface area contributed by atoms with Gasteiger partial charge in [0.2, 0.25) is 11.8 Å². The number of halogens is 1. The molecule has 12 nitrogen and oxygen atoms in total. The molecule has 2 rings (SSSR count). The number of rotatable bonds is 15. The number of hydrazine groups is 1. The average Bonchev–Trinajstić information content (AvgIpc) is 3.02. The van der Waals surface area contributed by atoms with Crippen molar-refractivity contribution in [2.45, 2.75) is 105 Å². The van der Waals surface area contributed by atoms with Crippen LogP contribution < -0.4 is 16.4 Å². The Kier molecular flexibility index (Phi) is 18.8. The number of benzene rings is 1. The van der Waals surface area contributed by atoms with E-state index in [4.69, 9.17) is 14.4 Å². The molecular formula is C35H58ClN5O7. The van der Waals surface area contributed by atoms with Gasteiger partial charge in [0.25, 0.3) is 5.91 Å². The van der Waals surface area contributed by atoms with Gasteiger partial charge in [-0.2, -0.15) is 0 Å². The summed E-state index contributed by atoms with van der Waals surface area (Å²) in [6, 6.07) is 8.16. The summed E-state index contributed by atoms with van der Waals surface area (Å²) in [7, 11) is 1.48. The van der Waals surface area contributed by atoms with Crippen molar-refractivity contribution in [2.75, 3.05) is 20.2 Å². The Bertz CT molecular complexity index is 1170. The largest absolute Gasteiger partial charge is 0.350 e. The van der Waals surface area contributed by atoms with Gasteiger partial charge in [-0.05, 0) is 70.8 Å². The van der Waals surface area contributed by atoms with Crippen molar-refractivity contribution in [2.24, 2.45) is 23.7 Å². The zero-order valence-corrected chi connectivity index (χ0v) is 30.9. The summed E-state index contributed by atoms with van der Waals surface area (Å²) >= 11 is 0. The van der Waals surface area contributed by atoms with E-state index >= 15 is 0 Å². The van der Waals surface area contributed by atoms with Crippen LogP contribution in [0.1, 0.15) is 93.1 Å². The lowest BCUT2D eigenvalue weighted by molar-refractivity contribution is -0.203. The number of amides is 5. The van der Waals surface area contributed by atoms with E-state index in [0.29, 0.717) is 19.4 Å². The summed E-state index contributed by atoms with van der Waals surface area (Å²) in [6.45, 7) is 15.5. The van der Waals surface area contributed by atoms with Crippen LogP contribution in [-0.2, 0) is 28.8 Å². The maximum Gasteiger partial charge on any atom is 0.341 e. The molecule has 1 aromatic carbocycles. The predicted octanol–water partition coefficient (Wildman–Crippen LogP) is 5.64. The second-order valence-electron chi connectivity index (χ2n) is 14.0. The molecule has 3 N–H and O–H groups in total. The Morgan fingerprint density at radius 3 is 2.19 bits per heavy atom. The van der Waals surface area contributed by atoms with Gasteiger partial charge in [-0.3, -0.25) is 29.7 Å². The number of hydrogen-bond acceptors (Lipinski definition) is 7. The van der Waals surface area contributed by atoms with E-state index in [0.717, 1.165) is 18.4 Å². The van der Waals surface area contributed by atoms with E-state index in [1.807, 2.05) is 70.2 Å². The topological polar surface area (TPSA) is 139 Å². The lowest BCUT2D eigenvalue weighted by atomic mass is 9.82. The number of hydrogen-bond donors (Lipinski definition) is 3. The number of carbonyl (C=O) groups excluding carboxylic acids is 4. The molecule has 272 valence electrons. The number of ether oxygens (including phenoxy) is 1. The van der Waals surface area contributed by atoms with Crippen LogP contribution in [0.4, 0.5) is 4.79 Å². The minimum Gasteiger partial charge on any atom is -0.350 e. The van der Waals surface area contributed by atoms with Crippen LogP contribution in [0.15, 0.2) is 36.4 Å². The highest BCUT2D eigenvalue weighted by Gasteiger charge is 2.37. The van der Waals surface area contributed by atoms with Gasteiger partial charge < -0.3 is 9.64 Å². The number of urea groups is 1. The molecule has 0 bridgehead atoms. The lowest BCUT2D eigenvalue weighted by Crippen LogP contribution is -2.58. The van der Waals surface area contributed by atoms with Gasteiger partial charge in [-0.15, -0.1) is 12.4 Å². The summed E-state index contributed by atoms with van der Waals surface area (Å²) in [5, 5.41) is 1.25. The Morgan fingerprint density at radius 2 is 1.62 bits per heavy atom. The van der Waals surface area contributed by atoms with Crippen LogP contribution in [0.25, 0.3) is 6.08 Å². The highest BCUT2D eigenvalue weighted by atomic mass is 35.5. The molecule has 48 heavy (non-hydrogen) atoms. The second kappa shape index (κ2) is 21.0. The Balaban J connectivity index is 0.0000115. The van der Waals surface area contributed by atoms with Crippen molar-refractivity contribution in [3.05, 3.63) is 42.0 Å². The molecule has 0 saturated carbocycles. The van der Waals surface area contributed by atoms with Gasteiger partial charge in [0.15, 0.2) is 6.29 Å². The van der Waals surface area contributed by atoms with Crippen molar-refractivity contribution in [1.82, 2.24) is 26.3 Å². The highest BCUT2D eigenvalue weighted by Crippen LogP contribution is 2.26. The van der Waals surface area contributed by atoms with E-state index < -0.39 is 53.5 Å². The molecule has 5 amide bonds. The highest BCUT2D eigenvalue weighted by molar-refractivity contribution is 5.91. The smallest absolute Gasteiger partial charge is 0.341 e. The van der Waals surface area contributed by atoms with Crippen LogP contribution in [-0.4, -0.2) is 71.8 Å². The molecular weight excluding hydrogens is 638 g/mol. The summed E-state index contributed by atoms with van der Waals surface area (Å²) < 4.78 is 5.61. The first-order valence-corrected chi connectivity index (χ1v) is 16.7. The zero-order chi connectivity index (χ0) is 35.1. The quantitative estimate of drug-likeness (QED) is 0.202. The first-order chi connectivity index (χ1) is 22.1. The number of nitrogens with one attached hydrogen (secondary N) is 3. The number of carbonyl (C=O) groups is 4. The summed E-state index contributed by atoms with van der Waals surface area (Å²) in [4.78, 5) is 66.5. The molecule has 4 atom stereocenters. The van der Waals surface area contributed by atoms with Crippen LogP contribution in [0, 0.1) is 23.7 Å². The third-order valence-corrected chi connectivity index (χ3v) is 7.58. The van der Waals surface area contributed by atoms with Crippen LogP contribution in [0.3, 0.4) is 0 Å². The third-order valence-electron chi connectivity index (χ3n) is 7.58. The molecule has 1 unspecified atom stereocenters. The fourth-order valence-electron chi connectivity index (χ4n) is 4.94. The molecule has 1 aliphatic rings. The number of hydroxylamine groups is 2. The summed E-state index contributed by atoms with van der Waals surface area (Å²) in [6.07, 6.45) is 6.41. The predicted molar refractivity (Wildman–Crippen MR) is 188 cm³/mol. The van der Waals surface area contributed by atoms with Crippen molar-refractivity contribution in [3.63, 3.8) is 0 Å². The van der Waals surface area contributed by atoms with Crippen LogP contribution in [0.2, 0.25) is 0 Å². The molecule has 0 spiro atoms. The van der Waals surface area contributed by atoms with Crippen molar-refractivity contribution < 1.29 is 33.6 Å². The molecule has 1 heterocycles. The summed E-state index contributed by atoms with van der Waals surface area (Å²) in [5.41, 5.74) is 8.09. The average molecular weight is 696 g/mol. The van der Waals surface area contributed by atoms with Gasteiger partial charge >= 0.3 is 6.03 Å². The molecule has 0 aliphatic carbocycles. The van der Waals surface area contributed by atoms with Gasteiger partial charge in [0.1, 0.15) is 6.04 Å². The van der Waals surface area contributed by atoms with Crippen molar-refractivity contribution >= 4 is 42.2 Å². The van der Waals surface area contributed by atoms with Gasteiger partial charge in [0, 0.05) is 26.6 Å². The van der Waals surface area contributed by atoms with Crippen LogP contribution >= 0.6 is 12.4 Å². The standard InChI is InChI=1S/C35H57N5O7.ClH/c1-24(2)22-29(28(19-15-18-27-16-11-10-12-17-27)32(42)37-46-30-20-13-14-21-45-30)31(41)36-40(23-25(3)4)33(43)26(5)39(9)34(44)38-47-35(6,7)8;/h10-12,15-18,24-26,28-30H,13-14,19-23H2,1-9H3,(H,36,41)(H,37,42)(H,38,44);1H/b18-15+;/t26-,28-,29+,30?;/m0./s1. The zero-order valence-electron chi connectivity index (χ0n) is 30.1. The lowest BCUT2D eigenvalue weighted by Gasteiger charge is -2.34. The second-order valence-corrected chi connectivity index (χ2v) is 14.0. The molecule has 1 aliphatic heterocycles. The Morgan fingerprint density at radius 1 is 0.958 bits per heavy atom. The van der Waals surface area contributed by atoms with E-state index in [1.54, 1.807) is 27.7 Å². The molecule has 0 aromatic heterocycles. The Labute approximate surface area is 293 Å². The minimum absolute atomic E-state index is 0. The maximum absolute atomic E-state index is 14.1. The minimum atomic E-state index is -0.932. The maximum atomic E-state index is 14.1. The van der Waals surface area contributed by atoms with Gasteiger partial charge in [-0.1, -0.05) is 70.2 Å².